The minimum absolute atomic E-state index is 0.132. The molecule has 0 atom stereocenters. The Morgan fingerprint density at radius 2 is 1.78 bits per heavy atom. The van der Waals surface area contributed by atoms with Gasteiger partial charge in [-0.05, 0) is 46.9 Å². The number of ether oxygens (including phenoxy) is 1. The topological polar surface area (TPSA) is 80.5 Å². The van der Waals surface area contributed by atoms with Gasteiger partial charge in [0, 0.05) is 36.6 Å². The number of hydrogen-bond acceptors (Lipinski definition) is 5. The number of benzene rings is 2. The van der Waals surface area contributed by atoms with Crippen LogP contribution in [-0.2, 0) is 13.2 Å². The van der Waals surface area contributed by atoms with Gasteiger partial charge in [-0.25, -0.2) is 4.39 Å². The monoisotopic (exact) mass is 500 g/mol. The lowest BCUT2D eigenvalue weighted by molar-refractivity contribution is 0.0662. The van der Waals surface area contributed by atoms with Crippen molar-refractivity contribution in [1.82, 2.24) is 19.7 Å². The highest BCUT2D eigenvalue weighted by molar-refractivity contribution is 6.03. The normalized spacial score (nSPS) is 13.2. The SMILES string of the molecule is CC(C)c1ccc(COc2ccc(-c3c(-c4ccncc4)nn4c3C(=O)N(CCO)CC4)cc2F)cc1. The number of amides is 1. The van der Waals surface area contributed by atoms with Gasteiger partial charge in [-0.3, -0.25) is 14.5 Å². The quantitative estimate of drug-likeness (QED) is 0.372. The fourth-order valence-electron chi connectivity index (χ4n) is 4.56. The van der Waals surface area contributed by atoms with E-state index in [1.807, 2.05) is 24.3 Å². The van der Waals surface area contributed by atoms with Gasteiger partial charge in [-0.15, -0.1) is 0 Å². The molecule has 5 rings (SSSR count). The summed E-state index contributed by atoms with van der Waals surface area (Å²) in [6.07, 6.45) is 3.31. The van der Waals surface area contributed by atoms with Crippen molar-refractivity contribution in [1.29, 1.82) is 0 Å². The number of halogens is 1. The van der Waals surface area contributed by atoms with Crippen LogP contribution in [0.1, 0.15) is 41.4 Å². The number of carbonyl (C=O) groups is 1. The predicted octanol–water partition coefficient (Wildman–Crippen LogP) is 4.90. The Bertz CT molecular complexity index is 1400. The molecule has 0 spiro atoms. The van der Waals surface area contributed by atoms with Crippen molar-refractivity contribution in [2.75, 3.05) is 19.7 Å². The first-order chi connectivity index (χ1) is 18.0. The molecule has 1 aliphatic rings. The molecule has 2 aromatic heterocycles. The lowest BCUT2D eigenvalue weighted by Crippen LogP contribution is -2.42. The number of aliphatic hydroxyl groups is 1. The van der Waals surface area contributed by atoms with Gasteiger partial charge in [0.05, 0.1) is 13.2 Å². The van der Waals surface area contributed by atoms with Crippen LogP contribution >= 0.6 is 0 Å². The van der Waals surface area contributed by atoms with Crippen molar-refractivity contribution in [2.45, 2.75) is 32.9 Å². The summed E-state index contributed by atoms with van der Waals surface area (Å²) in [4.78, 5) is 19.0. The maximum atomic E-state index is 15.3. The van der Waals surface area contributed by atoms with Crippen LogP contribution < -0.4 is 4.74 Å². The van der Waals surface area contributed by atoms with E-state index in [9.17, 15) is 9.90 Å². The smallest absolute Gasteiger partial charge is 0.272 e. The summed E-state index contributed by atoms with van der Waals surface area (Å²) in [5.41, 5.74) is 5.00. The second-order valence-corrected chi connectivity index (χ2v) is 9.38. The van der Waals surface area contributed by atoms with E-state index in [0.717, 1.165) is 11.1 Å². The lowest BCUT2D eigenvalue weighted by Gasteiger charge is -2.27. The zero-order chi connectivity index (χ0) is 25.9. The molecule has 0 unspecified atom stereocenters. The molecule has 7 nitrogen and oxygen atoms in total. The van der Waals surface area contributed by atoms with E-state index in [0.29, 0.717) is 41.5 Å². The number of aromatic nitrogens is 3. The third kappa shape index (κ3) is 4.97. The Balaban J connectivity index is 1.48. The molecule has 2 aromatic carbocycles. The van der Waals surface area contributed by atoms with Crippen LogP contribution in [0.4, 0.5) is 4.39 Å². The molecule has 0 fully saturated rings. The van der Waals surface area contributed by atoms with Gasteiger partial charge in [-0.2, -0.15) is 5.10 Å². The van der Waals surface area contributed by atoms with Gasteiger partial charge in [-0.1, -0.05) is 44.2 Å². The van der Waals surface area contributed by atoms with Gasteiger partial charge in [0.2, 0.25) is 0 Å². The molecule has 0 saturated carbocycles. The summed E-state index contributed by atoms with van der Waals surface area (Å²) in [6.45, 7) is 5.55. The second-order valence-electron chi connectivity index (χ2n) is 9.38. The number of nitrogens with zero attached hydrogens (tertiary/aromatic N) is 4. The van der Waals surface area contributed by atoms with E-state index in [1.165, 1.54) is 11.6 Å². The average molecular weight is 501 g/mol. The maximum Gasteiger partial charge on any atom is 0.272 e. The number of carbonyl (C=O) groups excluding carboxylic acids is 1. The molecule has 1 amide bonds. The summed E-state index contributed by atoms with van der Waals surface area (Å²) in [7, 11) is 0. The molecule has 1 aliphatic heterocycles. The van der Waals surface area contributed by atoms with E-state index < -0.39 is 5.82 Å². The van der Waals surface area contributed by atoms with Crippen LogP contribution in [0.3, 0.4) is 0 Å². The third-order valence-corrected chi connectivity index (χ3v) is 6.61. The number of pyridine rings is 1. The number of aliphatic hydroxyl groups excluding tert-OH is 1. The van der Waals surface area contributed by atoms with Gasteiger partial charge in [0.1, 0.15) is 18.0 Å². The zero-order valence-corrected chi connectivity index (χ0v) is 20.9. The Labute approximate surface area is 215 Å². The summed E-state index contributed by atoms with van der Waals surface area (Å²) >= 11 is 0. The van der Waals surface area contributed by atoms with E-state index in [-0.39, 0.29) is 31.4 Å². The van der Waals surface area contributed by atoms with Crippen LogP contribution in [0.2, 0.25) is 0 Å². The van der Waals surface area contributed by atoms with Gasteiger partial charge in [0.25, 0.3) is 5.91 Å². The Morgan fingerprint density at radius 1 is 1.03 bits per heavy atom. The Kier molecular flexibility index (Phi) is 7.01. The molecule has 4 aromatic rings. The van der Waals surface area contributed by atoms with E-state index in [4.69, 9.17) is 9.84 Å². The molecule has 0 bridgehead atoms. The molecule has 8 heteroatoms. The number of hydrogen-bond donors (Lipinski definition) is 1. The average Bonchev–Trinajstić information content (AvgIpc) is 3.31. The largest absolute Gasteiger partial charge is 0.486 e. The van der Waals surface area contributed by atoms with Gasteiger partial charge < -0.3 is 14.7 Å². The Morgan fingerprint density at radius 3 is 2.46 bits per heavy atom. The fraction of sp³-hybridized carbons (Fsp3) is 0.276. The first kappa shape index (κ1) is 24.6. The highest BCUT2D eigenvalue weighted by atomic mass is 19.1. The predicted molar refractivity (Wildman–Crippen MR) is 139 cm³/mol. The zero-order valence-electron chi connectivity index (χ0n) is 20.9. The highest BCUT2D eigenvalue weighted by Gasteiger charge is 2.32. The molecular formula is C29H29FN4O3. The second kappa shape index (κ2) is 10.5. The standard InChI is InChI=1S/C29H29FN4O3/c1-19(2)21-5-3-20(4-6-21)18-37-25-8-7-23(17-24(25)30)26-27(22-9-11-31-12-10-22)32-34-14-13-33(15-16-35)29(36)28(26)34/h3-12,17,19,35H,13-16,18H2,1-2H3. The molecule has 0 aliphatic carbocycles. The molecule has 3 heterocycles. The highest BCUT2D eigenvalue weighted by Crippen LogP contribution is 2.38. The number of β-amino-alcohol motifs (C(OH)–C–C–N with tert-alkyl or cyclic N) is 1. The third-order valence-electron chi connectivity index (χ3n) is 6.61. The summed E-state index contributed by atoms with van der Waals surface area (Å²) < 4.78 is 22.7. The Hall–Kier alpha value is -4.04. The maximum absolute atomic E-state index is 15.3. The van der Waals surface area contributed by atoms with Crippen LogP contribution in [0.15, 0.2) is 67.0 Å². The van der Waals surface area contributed by atoms with Crippen molar-refractivity contribution in [3.8, 4) is 28.1 Å². The van der Waals surface area contributed by atoms with Gasteiger partial charge >= 0.3 is 0 Å². The lowest BCUT2D eigenvalue weighted by atomic mass is 9.98. The summed E-state index contributed by atoms with van der Waals surface area (Å²) in [5, 5.41) is 14.1. The van der Waals surface area contributed by atoms with Crippen LogP contribution in [0.25, 0.3) is 22.4 Å². The minimum atomic E-state index is -0.521. The molecule has 0 saturated heterocycles. The summed E-state index contributed by atoms with van der Waals surface area (Å²) in [6, 6.07) is 16.5. The van der Waals surface area contributed by atoms with Crippen LogP contribution in [0.5, 0.6) is 5.75 Å². The number of rotatable bonds is 8. The fourth-order valence-corrected chi connectivity index (χ4v) is 4.56. The van der Waals surface area contributed by atoms with Crippen molar-refractivity contribution in [3.63, 3.8) is 0 Å². The molecule has 0 radical (unpaired) electrons. The molecule has 190 valence electrons. The van der Waals surface area contributed by atoms with Crippen molar-refractivity contribution < 1.29 is 19.0 Å². The van der Waals surface area contributed by atoms with E-state index >= 15 is 4.39 Å². The molecular weight excluding hydrogens is 471 g/mol. The van der Waals surface area contributed by atoms with Crippen LogP contribution in [0, 0.1) is 5.82 Å². The summed E-state index contributed by atoms with van der Waals surface area (Å²) in [5.74, 6) is -0.188. The van der Waals surface area contributed by atoms with Gasteiger partial charge in [0.15, 0.2) is 11.6 Å². The minimum Gasteiger partial charge on any atom is -0.486 e. The van der Waals surface area contributed by atoms with E-state index in [2.05, 4.69) is 31.0 Å². The van der Waals surface area contributed by atoms with E-state index in [1.54, 1.807) is 34.1 Å². The first-order valence-electron chi connectivity index (χ1n) is 12.4. The molecule has 37 heavy (non-hydrogen) atoms. The first-order valence-corrected chi connectivity index (χ1v) is 12.4. The van der Waals surface area contributed by atoms with Crippen molar-refractivity contribution in [2.24, 2.45) is 0 Å². The molecule has 1 N–H and O–H groups in total. The van der Waals surface area contributed by atoms with Crippen molar-refractivity contribution in [3.05, 3.63) is 89.6 Å². The number of fused-ring (bicyclic) bond motifs is 1. The van der Waals surface area contributed by atoms with Crippen molar-refractivity contribution >= 4 is 5.91 Å². The van der Waals surface area contributed by atoms with Crippen LogP contribution in [-0.4, -0.2) is 50.4 Å².